The van der Waals surface area contributed by atoms with Gasteiger partial charge in [0.2, 0.25) is 0 Å². The van der Waals surface area contributed by atoms with Gasteiger partial charge in [0.05, 0.1) is 12.1 Å². The quantitative estimate of drug-likeness (QED) is 0.604. The fourth-order valence-corrected chi connectivity index (χ4v) is 2.07. The molecule has 0 bridgehead atoms. The van der Waals surface area contributed by atoms with Crippen molar-refractivity contribution >= 4 is 29.4 Å². The smallest absolute Gasteiger partial charge is 0.118 e. The van der Waals surface area contributed by atoms with Gasteiger partial charge in [-0.3, -0.25) is 4.99 Å². The maximum Gasteiger partial charge on any atom is 0.118 e. The van der Waals surface area contributed by atoms with E-state index in [4.69, 9.17) is 27.9 Å². The van der Waals surface area contributed by atoms with Gasteiger partial charge in [-0.05, 0) is 36.4 Å². The number of hydrogen-bond donors (Lipinski definition) is 0. The van der Waals surface area contributed by atoms with E-state index in [0.29, 0.717) is 16.6 Å². The molecule has 0 fully saturated rings. The van der Waals surface area contributed by atoms with Crippen LogP contribution in [0.25, 0.3) is 0 Å². The standard InChI is InChI=1S/C17H13Cl2NO/c1-21-16-8-4-13(5-9-16)3-2-10-20-12-14-6-7-15(18)11-17(14)19/h4-9,11-12H,10H2,1H3/b20-12+. The highest BCUT2D eigenvalue weighted by Gasteiger charge is 1.97. The topological polar surface area (TPSA) is 21.6 Å². The largest absolute Gasteiger partial charge is 0.497 e. The Bertz CT molecular complexity index is 697. The number of ether oxygens (including phenoxy) is 1. The molecule has 0 saturated heterocycles. The van der Waals surface area contributed by atoms with Crippen molar-refractivity contribution in [1.82, 2.24) is 0 Å². The maximum atomic E-state index is 6.04. The minimum absolute atomic E-state index is 0.408. The zero-order valence-corrected chi connectivity index (χ0v) is 12.9. The van der Waals surface area contributed by atoms with E-state index in [1.165, 1.54) is 0 Å². The van der Waals surface area contributed by atoms with Crippen LogP contribution in [0, 0.1) is 11.8 Å². The lowest BCUT2D eigenvalue weighted by molar-refractivity contribution is 0.415. The van der Waals surface area contributed by atoms with Crippen LogP contribution >= 0.6 is 23.2 Å². The molecule has 0 spiro atoms. The third-order valence-electron chi connectivity index (χ3n) is 2.69. The number of nitrogens with zero attached hydrogens (tertiary/aromatic N) is 1. The Morgan fingerprint density at radius 3 is 2.57 bits per heavy atom. The van der Waals surface area contributed by atoms with E-state index in [0.717, 1.165) is 16.9 Å². The second kappa shape index (κ2) is 7.73. The van der Waals surface area contributed by atoms with Gasteiger partial charge in [0.1, 0.15) is 12.3 Å². The van der Waals surface area contributed by atoms with E-state index in [1.54, 1.807) is 25.5 Å². The minimum atomic E-state index is 0.408. The molecule has 2 nitrogen and oxygen atoms in total. The fourth-order valence-electron chi connectivity index (χ4n) is 1.61. The number of aliphatic imine (C=N–C) groups is 1. The molecule has 106 valence electrons. The number of halogens is 2. The highest BCUT2D eigenvalue weighted by Crippen LogP contribution is 2.19. The van der Waals surface area contributed by atoms with Crippen molar-refractivity contribution < 1.29 is 4.74 Å². The molecule has 0 aliphatic heterocycles. The molecule has 0 N–H and O–H groups in total. The third kappa shape index (κ3) is 4.82. The monoisotopic (exact) mass is 317 g/mol. The molecule has 2 rings (SSSR count). The van der Waals surface area contributed by atoms with Gasteiger partial charge in [-0.2, -0.15) is 0 Å². The molecule has 0 radical (unpaired) electrons. The molecule has 0 saturated carbocycles. The van der Waals surface area contributed by atoms with Gasteiger partial charge in [0.15, 0.2) is 0 Å². The van der Waals surface area contributed by atoms with Gasteiger partial charge in [-0.1, -0.05) is 41.1 Å². The van der Waals surface area contributed by atoms with Crippen LogP contribution in [0.4, 0.5) is 0 Å². The molecule has 21 heavy (non-hydrogen) atoms. The lowest BCUT2D eigenvalue weighted by Gasteiger charge is -1.97. The van der Waals surface area contributed by atoms with Crippen LogP contribution in [0.1, 0.15) is 11.1 Å². The van der Waals surface area contributed by atoms with Gasteiger partial charge in [-0.25, -0.2) is 0 Å². The summed E-state index contributed by atoms with van der Waals surface area (Å²) in [7, 11) is 1.64. The van der Waals surface area contributed by atoms with E-state index in [2.05, 4.69) is 16.8 Å². The van der Waals surface area contributed by atoms with Crippen LogP contribution in [0.2, 0.25) is 10.0 Å². The second-order valence-electron chi connectivity index (χ2n) is 4.17. The van der Waals surface area contributed by atoms with Gasteiger partial charge >= 0.3 is 0 Å². The molecule has 0 amide bonds. The minimum Gasteiger partial charge on any atom is -0.497 e. The van der Waals surface area contributed by atoms with Crippen molar-refractivity contribution in [2.75, 3.05) is 13.7 Å². The lowest BCUT2D eigenvalue weighted by atomic mass is 10.2. The normalized spacial score (nSPS) is 10.2. The van der Waals surface area contributed by atoms with E-state index in [1.807, 2.05) is 30.3 Å². The summed E-state index contributed by atoms with van der Waals surface area (Å²) in [5.41, 5.74) is 1.75. The zero-order chi connectivity index (χ0) is 15.1. The van der Waals surface area contributed by atoms with E-state index in [-0.39, 0.29) is 0 Å². The van der Waals surface area contributed by atoms with E-state index < -0.39 is 0 Å². The highest BCUT2D eigenvalue weighted by atomic mass is 35.5. The van der Waals surface area contributed by atoms with Crippen LogP contribution in [0.3, 0.4) is 0 Å². The van der Waals surface area contributed by atoms with Crippen molar-refractivity contribution in [3.63, 3.8) is 0 Å². The van der Waals surface area contributed by atoms with Crippen LogP contribution in [0.15, 0.2) is 47.5 Å². The third-order valence-corrected chi connectivity index (χ3v) is 3.25. The fraction of sp³-hybridized carbons (Fsp3) is 0.118. The van der Waals surface area contributed by atoms with Crippen LogP contribution in [-0.2, 0) is 0 Å². The van der Waals surface area contributed by atoms with Crippen molar-refractivity contribution in [2.45, 2.75) is 0 Å². The molecule has 0 atom stereocenters. The Hall–Kier alpha value is -1.95. The lowest BCUT2D eigenvalue weighted by Crippen LogP contribution is -1.85. The molecule has 0 aliphatic rings. The summed E-state index contributed by atoms with van der Waals surface area (Å²) >= 11 is 11.9. The van der Waals surface area contributed by atoms with Gasteiger partial charge in [0.25, 0.3) is 0 Å². The molecular formula is C17H13Cl2NO. The summed E-state index contributed by atoms with van der Waals surface area (Å²) in [6.45, 7) is 0.408. The summed E-state index contributed by atoms with van der Waals surface area (Å²) < 4.78 is 5.09. The summed E-state index contributed by atoms with van der Waals surface area (Å²) in [5.74, 6) is 6.83. The Labute approximate surface area is 134 Å². The van der Waals surface area contributed by atoms with E-state index in [9.17, 15) is 0 Å². The van der Waals surface area contributed by atoms with E-state index >= 15 is 0 Å². The molecule has 0 aliphatic carbocycles. The maximum absolute atomic E-state index is 6.04. The van der Waals surface area contributed by atoms with Crippen LogP contribution < -0.4 is 4.74 Å². The van der Waals surface area contributed by atoms with Crippen molar-refractivity contribution in [1.29, 1.82) is 0 Å². The molecule has 4 heteroatoms. The first-order chi connectivity index (χ1) is 10.2. The Morgan fingerprint density at radius 2 is 1.90 bits per heavy atom. The second-order valence-corrected chi connectivity index (χ2v) is 5.01. The Morgan fingerprint density at radius 1 is 1.14 bits per heavy atom. The summed E-state index contributed by atoms with van der Waals surface area (Å²) in [6.07, 6.45) is 1.70. The predicted molar refractivity (Wildman–Crippen MR) is 88.8 cm³/mol. The molecule has 2 aromatic carbocycles. The number of hydrogen-bond acceptors (Lipinski definition) is 2. The summed E-state index contributed by atoms with van der Waals surface area (Å²) in [6, 6.07) is 12.9. The molecule has 2 aromatic rings. The van der Waals surface area contributed by atoms with Gasteiger partial charge in [0, 0.05) is 22.4 Å². The SMILES string of the molecule is COc1ccc(C#CC/N=C/c2ccc(Cl)cc2Cl)cc1. The molecule has 0 unspecified atom stereocenters. The van der Waals surface area contributed by atoms with Crippen LogP contribution in [-0.4, -0.2) is 19.9 Å². The van der Waals surface area contributed by atoms with Gasteiger partial charge < -0.3 is 4.74 Å². The number of benzene rings is 2. The molecule has 0 aromatic heterocycles. The van der Waals surface area contributed by atoms with Crippen molar-refractivity contribution in [3.8, 4) is 17.6 Å². The Balaban J connectivity index is 1.94. The Kier molecular flexibility index (Phi) is 5.68. The van der Waals surface area contributed by atoms with Gasteiger partial charge in [-0.15, -0.1) is 0 Å². The van der Waals surface area contributed by atoms with Crippen molar-refractivity contribution in [2.24, 2.45) is 4.99 Å². The average Bonchev–Trinajstić information content (AvgIpc) is 2.49. The summed E-state index contributed by atoms with van der Waals surface area (Å²) in [4.78, 5) is 4.23. The molecule has 0 heterocycles. The highest BCUT2D eigenvalue weighted by molar-refractivity contribution is 6.36. The van der Waals surface area contributed by atoms with Crippen LogP contribution in [0.5, 0.6) is 5.75 Å². The molecular weight excluding hydrogens is 305 g/mol. The number of methoxy groups -OCH3 is 1. The average molecular weight is 318 g/mol. The summed E-state index contributed by atoms with van der Waals surface area (Å²) in [5, 5.41) is 1.19. The first kappa shape index (κ1) is 15.4. The first-order valence-electron chi connectivity index (χ1n) is 6.27. The number of rotatable bonds is 3. The first-order valence-corrected chi connectivity index (χ1v) is 7.02. The van der Waals surface area contributed by atoms with Crippen molar-refractivity contribution in [3.05, 3.63) is 63.6 Å². The zero-order valence-electron chi connectivity index (χ0n) is 11.4. The predicted octanol–water partition coefficient (Wildman–Crippen LogP) is 4.47.